The maximum Gasteiger partial charge on any atom is 0.103 e. The van der Waals surface area contributed by atoms with E-state index in [1.165, 1.54) is 0 Å². The standard InChI is InChI=1S/C9H13N3O/c1-2-8(12-11-4-1)9-3-5-10-6-7-13-9/h1-2,4,9-10H,3,5-7H2/t9-/m1/s1. The Hall–Kier alpha value is -1.00. The molecule has 1 aliphatic rings. The van der Waals surface area contributed by atoms with E-state index in [4.69, 9.17) is 4.74 Å². The topological polar surface area (TPSA) is 47.0 Å². The summed E-state index contributed by atoms with van der Waals surface area (Å²) in [7, 11) is 0. The lowest BCUT2D eigenvalue weighted by Crippen LogP contribution is -2.16. The molecule has 70 valence electrons. The Morgan fingerprint density at radius 1 is 1.46 bits per heavy atom. The van der Waals surface area contributed by atoms with Gasteiger partial charge in [0.2, 0.25) is 0 Å². The Morgan fingerprint density at radius 2 is 2.46 bits per heavy atom. The van der Waals surface area contributed by atoms with E-state index >= 15 is 0 Å². The predicted octanol–water partition coefficient (Wildman–Crippen LogP) is 0.528. The van der Waals surface area contributed by atoms with E-state index in [1.807, 2.05) is 12.1 Å². The van der Waals surface area contributed by atoms with Crippen LogP contribution in [0.25, 0.3) is 0 Å². The van der Waals surface area contributed by atoms with Crippen molar-refractivity contribution in [1.29, 1.82) is 0 Å². The molecule has 1 aromatic rings. The number of ether oxygens (including phenoxy) is 1. The molecule has 0 unspecified atom stereocenters. The molecule has 1 atom stereocenters. The van der Waals surface area contributed by atoms with Gasteiger partial charge in [0, 0.05) is 12.7 Å². The van der Waals surface area contributed by atoms with Crippen molar-refractivity contribution in [3.8, 4) is 0 Å². The van der Waals surface area contributed by atoms with E-state index in [1.54, 1.807) is 6.20 Å². The maximum atomic E-state index is 5.62. The fourth-order valence-corrected chi connectivity index (χ4v) is 1.43. The van der Waals surface area contributed by atoms with Crippen molar-refractivity contribution in [2.45, 2.75) is 12.5 Å². The highest BCUT2D eigenvalue weighted by Crippen LogP contribution is 2.18. The van der Waals surface area contributed by atoms with E-state index < -0.39 is 0 Å². The van der Waals surface area contributed by atoms with E-state index in [0.717, 1.165) is 31.8 Å². The Morgan fingerprint density at radius 3 is 3.31 bits per heavy atom. The zero-order valence-corrected chi connectivity index (χ0v) is 7.44. The third kappa shape index (κ3) is 2.23. The van der Waals surface area contributed by atoms with Crippen LogP contribution >= 0.6 is 0 Å². The third-order valence-electron chi connectivity index (χ3n) is 2.10. The van der Waals surface area contributed by atoms with Crippen molar-refractivity contribution < 1.29 is 4.74 Å². The van der Waals surface area contributed by atoms with E-state index in [0.29, 0.717) is 0 Å². The van der Waals surface area contributed by atoms with Crippen LogP contribution in [0.1, 0.15) is 18.2 Å². The largest absolute Gasteiger partial charge is 0.370 e. The fourth-order valence-electron chi connectivity index (χ4n) is 1.43. The number of nitrogens with one attached hydrogen (secondary N) is 1. The highest BCUT2D eigenvalue weighted by atomic mass is 16.5. The summed E-state index contributed by atoms with van der Waals surface area (Å²) in [6.07, 6.45) is 2.76. The second-order valence-electron chi connectivity index (χ2n) is 3.05. The van der Waals surface area contributed by atoms with Gasteiger partial charge in [0.1, 0.15) is 6.10 Å². The van der Waals surface area contributed by atoms with Crippen molar-refractivity contribution in [3.63, 3.8) is 0 Å². The fraction of sp³-hybridized carbons (Fsp3) is 0.556. The first-order chi connectivity index (χ1) is 6.47. The molecule has 1 aromatic heterocycles. The predicted molar refractivity (Wildman–Crippen MR) is 48.2 cm³/mol. The molecular weight excluding hydrogens is 166 g/mol. The quantitative estimate of drug-likeness (QED) is 0.683. The molecule has 0 aliphatic carbocycles. The summed E-state index contributed by atoms with van der Waals surface area (Å²) in [5.41, 5.74) is 0.936. The first kappa shape index (κ1) is 8.59. The van der Waals surface area contributed by atoms with Crippen LogP contribution in [0.2, 0.25) is 0 Å². The molecule has 2 rings (SSSR count). The summed E-state index contributed by atoms with van der Waals surface area (Å²) in [5, 5.41) is 11.2. The van der Waals surface area contributed by atoms with Gasteiger partial charge in [0.25, 0.3) is 0 Å². The lowest BCUT2D eigenvalue weighted by Gasteiger charge is -2.12. The number of hydrogen-bond donors (Lipinski definition) is 1. The highest BCUT2D eigenvalue weighted by molar-refractivity contribution is 5.03. The first-order valence-electron chi connectivity index (χ1n) is 4.57. The molecule has 1 N–H and O–H groups in total. The molecule has 0 radical (unpaired) electrons. The van der Waals surface area contributed by atoms with E-state index in [9.17, 15) is 0 Å². The van der Waals surface area contributed by atoms with Crippen LogP contribution in [-0.4, -0.2) is 29.9 Å². The molecule has 1 fully saturated rings. The second-order valence-corrected chi connectivity index (χ2v) is 3.05. The molecule has 1 aliphatic heterocycles. The number of hydrogen-bond acceptors (Lipinski definition) is 4. The van der Waals surface area contributed by atoms with Gasteiger partial charge in [-0.15, -0.1) is 0 Å². The zero-order valence-electron chi connectivity index (χ0n) is 7.44. The molecule has 0 spiro atoms. The normalized spacial score (nSPS) is 23.8. The van der Waals surface area contributed by atoms with Crippen LogP contribution in [0, 0.1) is 0 Å². The van der Waals surface area contributed by atoms with Gasteiger partial charge in [-0.3, -0.25) is 0 Å². The first-order valence-corrected chi connectivity index (χ1v) is 4.57. The SMILES string of the molecule is c1cnnc([C@H]2CCNCCO2)c1. The van der Waals surface area contributed by atoms with Gasteiger partial charge in [0.15, 0.2) is 0 Å². The van der Waals surface area contributed by atoms with E-state index in [2.05, 4.69) is 15.5 Å². The molecule has 0 aromatic carbocycles. The smallest absolute Gasteiger partial charge is 0.103 e. The van der Waals surface area contributed by atoms with Gasteiger partial charge < -0.3 is 10.1 Å². The Labute approximate surface area is 77.3 Å². The summed E-state index contributed by atoms with van der Waals surface area (Å²) < 4.78 is 5.62. The molecule has 0 amide bonds. The average molecular weight is 179 g/mol. The third-order valence-corrected chi connectivity index (χ3v) is 2.10. The van der Waals surface area contributed by atoms with Crippen molar-refractivity contribution in [3.05, 3.63) is 24.0 Å². The van der Waals surface area contributed by atoms with Gasteiger partial charge in [-0.25, -0.2) is 0 Å². The van der Waals surface area contributed by atoms with Crippen molar-refractivity contribution in [2.24, 2.45) is 0 Å². The minimum Gasteiger partial charge on any atom is -0.370 e. The minimum absolute atomic E-state index is 0.115. The van der Waals surface area contributed by atoms with Crippen LogP contribution in [-0.2, 0) is 4.74 Å². The van der Waals surface area contributed by atoms with Gasteiger partial charge in [-0.2, -0.15) is 10.2 Å². The monoisotopic (exact) mass is 179 g/mol. The molecule has 13 heavy (non-hydrogen) atoms. The molecule has 1 saturated heterocycles. The van der Waals surface area contributed by atoms with Crippen LogP contribution in [0.4, 0.5) is 0 Å². The minimum atomic E-state index is 0.115. The molecule has 0 bridgehead atoms. The number of aromatic nitrogens is 2. The summed E-state index contributed by atoms with van der Waals surface area (Å²) in [5.74, 6) is 0. The molecule has 2 heterocycles. The zero-order chi connectivity index (χ0) is 8.93. The molecule has 0 saturated carbocycles. The summed E-state index contributed by atoms with van der Waals surface area (Å²) in [6.45, 7) is 2.67. The lowest BCUT2D eigenvalue weighted by molar-refractivity contribution is 0.0607. The van der Waals surface area contributed by atoms with Crippen LogP contribution < -0.4 is 5.32 Å². The number of rotatable bonds is 1. The van der Waals surface area contributed by atoms with Crippen LogP contribution in [0.5, 0.6) is 0 Å². The molecular formula is C9H13N3O. The second kappa shape index (κ2) is 4.30. The number of nitrogens with zero attached hydrogens (tertiary/aromatic N) is 2. The Balaban J connectivity index is 2.06. The summed E-state index contributed by atoms with van der Waals surface area (Å²) in [4.78, 5) is 0. The van der Waals surface area contributed by atoms with Crippen molar-refractivity contribution in [2.75, 3.05) is 19.7 Å². The Kier molecular flexibility index (Phi) is 2.84. The summed E-state index contributed by atoms with van der Waals surface area (Å²) >= 11 is 0. The van der Waals surface area contributed by atoms with Gasteiger partial charge in [-0.05, 0) is 25.1 Å². The average Bonchev–Trinajstić information content (AvgIpc) is 2.47. The van der Waals surface area contributed by atoms with Gasteiger partial charge in [-0.1, -0.05) is 0 Å². The summed E-state index contributed by atoms with van der Waals surface area (Å²) in [6, 6.07) is 3.85. The Bertz CT molecular complexity index is 244. The van der Waals surface area contributed by atoms with Gasteiger partial charge >= 0.3 is 0 Å². The molecule has 4 heteroatoms. The van der Waals surface area contributed by atoms with Crippen molar-refractivity contribution in [1.82, 2.24) is 15.5 Å². The van der Waals surface area contributed by atoms with E-state index in [-0.39, 0.29) is 6.10 Å². The maximum absolute atomic E-state index is 5.62. The van der Waals surface area contributed by atoms with Crippen LogP contribution in [0.15, 0.2) is 18.3 Å². The van der Waals surface area contributed by atoms with Crippen molar-refractivity contribution >= 4 is 0 Å². The van der Waals surface area contributed by atoms with Gasteiger partial charge in [0.05, 0.1) is 12.3 Å². The lowest BCUT2D eigenvalue weighted by atomic mass is 10.2. The highest BCUT2D eigenvalue weighted by Gasteiger charge is 2.15. The molecule has 4 nitrogen and oxygen atoms in total. The van der Waals surface area contributed by atoms with Crippen LogP contribution in [0.3, 0.4) is 0 Å².